The summed E-state index contributed by atoms with van der Waals surface area (Å²) in [5, 5.41) is 21.8. The number of nitrogens with one attached hydrogen (secondary N) is 1. The Morgan fingerprint density at radius 2 is 2.31 bits per heavy atom. The number of aromatic nitrogens is 1. The Morgan fingerprint density at radius 1 is 1.62 bits per heavy atom. The molecule has 88 valence electrons. The molecule has 0 amide bonds. The van der Waals surface area contributed by atoms with Crippen LogP contribution < -0.4 is 5.32 Å². The van der Waals surface area contributed by atoms with E-state index in [1.807, 2.05) is 0 Å². The van der Waals surface area contributed by atoms with E-state index >= 15 is 0 Å². The van der Waals surface area contributed by atoms with Gasteiger partial charge in [-0.3, -0.25) is 4.79 Å². The SMILES string of the molecule is CNCC(O)C(O)c1cnc(F)c(C=O)c1. The van der Waals surface area contributed by atoms with Gasteiger partial charge in [0.25, 0.3) is 0 Å². The van der Waals surface area contributed by atoms with Gasteiger partial charge >= 0.3 is 0 Å². The number of aliphatic hydroxyl groups is 2. The summed E-state index contributed by atoms with van der Waals surface area (Å²) in [5.74, 6) is -0.894. The molecule has 0 saturated heterocycles. The van der Waals surface area contributed by atoms with Crippen molar-refractivity contribution in [2.45, 2.75) is 12.2 Å². The normalized spacial score (nSPS) is 14.5. The molecule has 2 unspecified atom stereocenters. The molecule has 0 aliphatic heterocycles. The summed E-state index contributed by atoms with van der Waals surface area (Å²) in [4.78, 5) is 13.8. The molecule has 0 aliphatic rings. The summed E-state index contributed by atoms with van der Waals surface area (Å²) < 4.78 is 12.9. The van der Waals surface area contributed by atoms with Crippen LogP contribution in [0, 0.1) is 5.95 Å². The van der Waals surface area contributed by atoms with Crippen LogP contribution in [0.2, 0.25) is 0 Å². The average molecular weight is 228 g/mol. The van der Waals surface area contributed by atoms with Crippen LogP contribution >= 0.6 is 0 Å². The fourth-order valence-corrected chi connectivity index (χ4v) is 1.27. The van der Waals surface area contributed by atoms with Crippen molar-refractivity contribution in [1.82, 2.24) is 10.3 Å². The van der Waals surface area contributed by atoms with Gasteiger partial charge in [-0.2, -0.15) is 4.39 Å². The number of rotatable bonds is 5. The maximum Gasteiger partial charge on any atom is 0.223 e. The number of aldehydes is 1. The van der Waals surface area contributed by atoms with E-state index in [1.54, 1.807) is 7.05 Å². The largest absolute Gasteiger partial charge is 0.389 e. The molecule has 1 aromatic rings. The number of aliphatic hydroxyl groups excluding tert-OH is 2. The zero-order chi connectivity index (χ0) is 12.1. The van der Waals surface area contributed by atoms with Gasteiger partial charge in [-0.05, 0) is 13.1 Å². The van der Waals surface area contributed by atoms with Crippen molar-refractivity contribution in [2.24, 2.45) is 0 Å². The zero-order valence-electron chi connectivity index (χ0n) is 8.72. The number of nitrogens with zero attached hydrogens (tertiary/aromatic N) is 1. The number of carbonyl (C=O) groups excluding carboxylic acids is 1. The van der Waals surface area contributed by atoms with Gasteiger partial charge in [-0.15, -0.1) is 0 Å². The molecule has 1 aromatic heterocycles. The number of carbonyl (C=O) groups is 1. The third-order valence-electron chi connectivity index (χ3n) is 2.13. The first kappa shape index (κ1) is 12.7. The highest BCUT2D eigenvalue weighted by atomic mass is 19.1. The summed E-state index contributed by atoms with van der Waals surface area (Å²) in [6, 6.07) is 1.17. The Bertz CT molecular complexity index is 373. The Hall–Kier alpha value is -1.37. The summed E-state index contributed by atoms with van der Waals surface area (Å²) in [6.45, 7) is 0.176. The Balaban J connectivity index is 2.91. The monoisotopic (exact) mass is 228 g/mol. The summed E-state index contributed by atoms with van der Waals surface area (Å²) in [5.41, 5.74) is -0.0422. The van der Waals surface area contributed by atoms with Crippen molar-refractivity contribution >= 4 is 6.29 Å². The summed E-state index contributed by atoms with van der Waals surface area (Å²) in [7, 11) is 1.62. The van der Waals surface area contributed by atoms with E-state index in [4.69, 9.17) is 0 Å². The maximum absolute atomic E-state index is 12.9. The molecule has 3 N–H and O–H groups in total. The highest BCUT2D eigenvalue weighted by Crippen LogP contribution is 2.17. The Labute approximate surface area is 91.9 Å². The molecule has 16 heavy (non-hydrogen) atoms. The van der Waals surface area contributed by atoms with Crippen LogP contribution in [0.15, 0.2) is 12.3 Å². The van der Waals surface area contributed by atoms with Gasteiger partial charge in [0.2, 0.25) is 5.95 Å². The van der Waals surface area contributed by atoms with E-state index < -0.39 is 18.2 Å². The lowest BCUT2D eigenvalue weighted by Gasteiger charge is -2.17. The standard InChI is InChI=1S/C10H13FN2O3/c1-12-4-8(15)9(16)6-2-7(5-14)10(11)13-3-6/h2-3,5,8-9,12,15-16H,4H2,1H3. The Kier molecular flexibility index (Phi) is 4.48. The van der Waals surface area contributed by atoms with Crippen LogP contribution in [0.4, 0.5) is 4.39 Å². The minimum absolute atomic E-state index is 0.176. The quantitative estimate of drug-likeness (QED) is 0.474. The fourth-order valence-electron chi connectivity index (χ4n) is 1.27. The topological polar surface area (TPSA) is 82.4 Å². The highest BCUT2D eigenvalue weighted by Gasteiger charge is 2.19. The smallest absolute Gasteiger partial charge is 0.223 e. The summed E-state index contributed by atoms with van der Waals surface area (Å²) in [6.07, 6.45) is -0.856. The van der Waals surface area contributed by atoms with Crippen LogP contribution in [-0.2, 0) is 0 Å². The third kappa shape index (κ3) is 2.82. The number of halogens is 1. The third-order valence-corrected chi connectivity index (χ3v) is 2.13. The van der Waals surface area contributed by atoms with Gasteiger partial charge in [0.15, 0.2) is 6.29 Å². The molecule has 0 aliphatic carbocycles. The number of hydrogen-bond donors (Lipinski definition) is 3. The van der Waals surface area contributed by atoms with E-state index in [2.05, 4.69) is 10.3 Å². The molecule has 0 aromatic carbocycles. The maximum atomic E-state index is 12.9. The first-order chi connectivity index (χ1) is 7.60. The fraction of sp³-hybridized carbons (Fsp3) is 0.400. The summed E-state index contributed by atoms with van der Waals surface area (Å²) >= 11 is 0. The first-order valence-electron chi connectivity index (χ1n) is 4.71. The first-order valence-corrected chi connectivity index (χ1v) is 4.71. The van der Waals surface area contributed by atoms with E-state index in [9.17, 15) is 19.4 Å². The number of hydrogen-bond acceptors (Lipinski definition) is 5. The van der Waals surface area contributed by atoms with Crippen LogP contribution in [0.25, 0.3) is 0 Å². The lowest BCUT2D eigenvalue weighted by atomic mass is 10.0. The molecule has 0 saturated carbocycles. The molecule has 0 radical (unpaired) electrons. The molecule has 6 heteroatoms. The van der Waals surface area contributed by atoms with Gasteiger partial charge in [0.05, 0.1) is 11.7 Å². The second-order valence-electron chi connectivity index (χ2n) is 3.34. The van der Waals surface area contributed by atoms with Gasteiger partial charge in [0, 0.05) is 18.3 Å². The van der Waals surface area contributed by atoms with E-state index in [-0.39, 0.29) is 17.7 Å². The van der Waals surface area contributed by atoms with Gasteiger partial charge in [-0.25, -0.2) is 4.98 Å². The van der Waals surface area contributed by atoms with Crippen LogP contribution in [0.3, 0.4) is 0 Å². The predicted molar refractivity (Wildman–Crippen MR) is 54.5 cm³/mol. The van der Waals surface area contributed by atoms with Crippen molar-refractivity contribution in [3.63, 3.8) is 0 Å². The van der Waals surface area contributed by atoms with Crippen molar-refractivity contribution in [3.05, 3.63) is 29.3 Å². The molecule has 5 nitrogen and oxygen atoms in total. The van der Waals surface area contributed by atoms with Gasteiger partial charge in [-0.1, -0.05) is 0 Å². The van der Waals surface area contributed by atoms with E-state index in [0.717, 1.165) is 6.20 Å². The molecule has 0 bridgehead atoms. The molecular weight excluding hydrogens is 215 g/mol. The molecule has 1 rings (SSSR count). The number of pyridine rings is 1. The second-order valence-corrected chi connectivity index (χ2v) is 3.34. The highest BCUT2D eigenvalue weighted by molar-refractivity contribution is 5.74. The number of likely N-dealkylation sites (N-methyl/N-ethyl adjacent to an activating group) is 1. The van der Waals surface area contributed by atoms with Gasteiger partial charge < -0.3 is 15.5 Å². The van der Waals surface area contributed by atoms with Crippen LogP contribution in [0.5, 0.6) is 0 Å². The minimum Gasteiger partial charge on any atom is -0.389 e. The zero-order valence-corrected chi connectivity index (χ0v) is 8.72. The lowest BCUT2D eigenvalue weighted by molar-refractivity contribution is 0.0199. The lowest BCUT2D eigenvalue weighted by Crippen LogP contribution is -2.29. The minimum atomic E-state index is -1.21. The predicted octanol–water partition coefficient (Wildman–Crippen LogP) is -0.353. The Morgan fingerprint density at radius 3 is 2.88 bits per heavy atom. The molecule has 1 heterocycles. The second kappa shape index (κ2) is 5.64. The van der Waals surface area contributed by atoms with Crippen LogP contribution in [0.1, 0.15) is 22.0 Å². The molecular formula is C10H13FN2O3. The van der Waals surface area contributed by atoms with E-state index in [0.29, 0.717) is 6.29 Å². The van der Waals surface area contributed by atoms with Gasteiger partial charge in [0.1, 0.15) is 6.10 Å². The van der Waals surface area contributed by atoms with Crippen molar-refractivity contribution in [2.75, 3.05) is 13.6 Å². The van der Waals surface area contributed by atoms with Crippen molar-refractivity contribution < 1.29 is 19.4 Å². The molecule has 0 spiro atoms. The van der Waals surface area contributed by atoms with E-state index in [1.165, 1.54) is 6.07 Å². The average Bonchev–Trinajstić information content (AvgIpc) is 2.29. The molecule has 2 atom stereocenters. The molecule has 0 fully saturated rings. The van der Waals surface area contributed by atoms with Crippen molar-refractivity contribution in [3.8, 4) is 0 Å². The van der Waals surface area contributed by atoms with Crippen molar-refractivity contribution in [1.29, 1.82) is 0 Å². The van der Waals surface area contributed by atoms with Crippen LogP contribution in [-0.4, -0.2) is 41.2 Å².